The van der Waals surface area contributed by atoms with Crippen molar-refractivity contribution in [2.45, 2.75) is 19.3 Å². The SMILES string of the molecule is NC(=O)C1CCCN(c2ccnc(-c3cnc4cnc(C(F)F)cn34)n2)C1. The summed E-state index contributed by atoms with van der Waals surface area (Å²) in [5, 5.41) is 0. The van der Waals surface area contributed by atoms with Crippen molar-refractivity contribution < 1.29 is 13.6 Å². The summed E-state index contributed by atoms with van der Waals surface area (Å²) >= 11 is 0. The van der Waals surface area contributed by atoms with Crippen LogP contribution in [0.3, 0.4) is 0 Å². The van der Waals surface area contributed by atoms with Crippen molar-refractivity contribution in [3.8, 4) is 11.5 Å². The summed E-state index contributed by atoms with van der Waals surface area (Å²) in [6, 6.07) is 1.75. The largest absolute Gasteiger partial charge is 0.369 e. The Bertz CT molecular complexity index is 990. The number of primary amides is 1. The first-order valence-electron chi connectivity index (χ1n) is 8.52. The first kappa shape index (κ1) is 17.3. The van der Waals surface area contributed by atoms with Crippen LogP contribution in [-0.4, -0.2) is 43.3 Å². The van der Waals surface area contributed by atoms with Crippen molar-refractivity contribution in [2.24, 2.45) is 11.7 Å². The Morgan fingerprint density at radius 2 is 2.11 bits per heavy atom. The van der Waals surface area contributed by atoms with Crippen LogP contribution in [0.2, 0.25) is 0 Å². The Labute approximate surface area is 153 Å². The van der Waals surface area contributed by atoms with Crippen LogP contribution < -0.4 is 10.6 Å². The minimum atomic E-state index is -2.68. The fraction of sp³-hybridized carbons (Fsp3) is 0.353. The van der Waals surface area contributed by atoms with Crippen LogP contribution >= 0.6 is 0 Å². The van der Waals surface area contributed by atoms with Crippen LogP contribution in [0.5, 0.6) is 0 Å². The van der Waals surface area contributed by atoms with E-state index in [-0.39, 0.29) is 17.5 Å². The van der Waals surface area contributed by atoms with Crippen molar-refractivity contribution in [3.05, 3.63) is 36.5 Å². The molecule has 3 aromatic rings. The second-order valence-electron chi connectivity index (χ2n) is 6.41. The maximum Gasteiger partial charge on any atom is 0.281 e. The van der Waals surface area contributed by atoms with Crippen LogP contribution in [0.25, 0.3) is 17.2 Å². The molecule has 10 heteroatoms. The molecule has 0 aromatic carbocycles. The number of rotatable bonds is 4. The highest BCUT2D eigenvalue weighted by atomic mass is 19.3. The van der Waals surface area contributed by atoms with Gasteiger partial charge in [0.05, 0.1) is 18.3 Å². The Hall–Kier alpha value is -3.17. The summed E-state index contributed by atoms with van der Waals surface area (Å²) in [4.78, 5) is 30.2. The molecule has 1 aliphatic heterocycles. The van der Waals surface area contributed by atoms with Crippen molar-refractivity contribution in [3.63, 3.8) is 0 Å². The number of imidazole rings is 1. The number of hydrogen-bond donors (Lipinski definition) is 1. The molecule has 1 amide bonds. The van der Waals surface area contributed by atoms with Gasteiger partial charge in [-0.15, -0.1) is 0 Å². The highest BCUT2D eigenvalue weighted by Crippen LogP contribution is 2.25. The zero-order valence-electron chi connectivity index (χ0n) is 14.3. The summed E-state index contributed by atoms with van der Waals surface area (Å²) in [5.74, 6) is 0.479. The van der Waals surface area contributed by atoms with Crippen molar-refractivity contribution in [2.75, 3.05) is 18.0 Å². The number of amides is 1. The minimum absolute atomic E-state index is 0.215. The smallest absolute Gasteiger partial charge is 0.281 e. The van der Waals surface area contributed by atoms with Gasteiger partial charge in [0.1, 0.15) is 17.2 Å². The summed E-state index contributed by atoms with van der Waals surface area (Å²) < 4.78 is 27.4. The lowest BCUT2D eigenvalue weighted by atomic mass is 9.97. The Kier molecular flexibility index (Phi) is 4.38. The third-order valence-corrected chi connectivity index (χ3v) is 4.66. The number of anilines is 1. The Morgan fingerprint density at radius 1 is 1.26 bits per heavy atom. The molecule has 8 nitrogen and oxygen atoms in total. The molecule has 1 atom stereocenters. The van der Waals surface area contributed by atoms with Gasteiger partial charge in [-0.25, -0.2) is 28.7 Å². The molecule has 2 N–H and O–H groups in total. The number of halogens is 2. The van der Waals surface area contributed by atoms with Gasteiger partial charge in [-0.1, -0.05) is 0 Å². The van der Waals surface area contributed by atoms with Gasteiger partial charge in [0.2, 0.25) is 5.91 Å². The standard InChI is InChI=1S/C17H17F2N7O/c18-15(19)11-9-26-12(6-23-14(26)7-22-11)17-21-4-3-13(24-17)25-5-1-2-10(8-25)16(20)27/h3-4,6-7,9-10,15H,1-2,5,8H2,(H2,20,27). The van der Waals surface area contributed by atoms with Gasteiger partial charge in [-0.3, -0.25) is 9.20 Å². The van der Waals surface area contributed by atoms with E-state index in [1.165, 1.54) is 23.0 Å². The zero-order chi connectivity index (χ0) is 19.0. The van der Waals surface area contributed by atoms with Gasteiger partial charge in [0, 0.05) is 25.5 Å². The maximum absolute atomic E-state index is 13.0. The predicted octanol–water partition coefficient (Wildman–Crippen LogP) is 1.83. The third-order valence-electron chi connectivity index (χ3n) is 4.66. The predicted molar refractivity (Wildman–Crippen MR) is 93.1 cm³/mol. The Morgan fingerprint density at radius 3 is 2.89 bits per heavy atom. The number of alkyl halides is 2. The van der Waals surface area contributed by atoms with E-state index < -0.39 is 6.43 Å². The molecule has 4 rings (SSSR count). The van der Waals surface area contributed by atoms with Crippen LogP contribution in [-0.2, 0) is 4.79 Å². The fourth-order valence-corrected chi connectivity index (χ4v) is 3.25. The molecule has 3 aromatic heterocycles. The molecule has 0 radical (unpaired) electrons. The maximum atomic E-state index is 13.0. The minimum Gasteiger partial charge on any atom is -0.369 e. The topological polar surface area (TPSA) is 102 Å². The first-order valence-corrected chi connectivity index (χ1v) is 8.52. The van der Waals surface area contributed by atoms with E-state index in [1.807, 2.05) is 4.90 Å². The lowest BCUT2D eigenvalue weighted by Gasteiger charge is -2.32. The van der Waals surface area contributed by atoms with Crippen LogP contribution in [0, 0.1) is 5.92 Å². The summed E-state index contributed by atoms with van der Waals surface area (Å²) in [5.41, 5.74) is 6.00. The highest BCUT2D eigenvalue weighted by Gasteiger charge is 2.25. The van der Waals surface area contributed by atoms with E-state index in [0.717, 1.165) is 19.4 Å². The average Bonchev–Trinajstić information content (AvgIpc) is 3.11. The molecular formula is C17H17F2N7O. The number of carbonyl (C=O) groups excluding carboxylic acids is 1. The van der Waals surface area contributed by atoms with Crippen molar-refractivity contribution in [1.29, 1.82) is 0 Å². The summed E-state index contributed by atoms with van der Waals surface area (Å²) in [7, 11) is 0. The van der Waals surface area contributed by atoms with E-state index in [4.69, 9.17) is 5.73 Å². The summed E-state index contributed by atoms with van der Waals surface area (Å²) in [6.07, 6.45) is 4.57. The fourth-order valence-electron chi connectivity index (χ4n) is 3.25. The molecule has 1 aliphatic rings. The van der Waals surface area contributed by atoms with E-state index in [2.05, 4.69) is 19.9 Å². The molecule has 0 spiro atoms. The Balaban J connectivity index is 1.69. The zero-order valence-corrected chi connectivity index (χ0v) is 14.3. The van der Waals surface area contributed by atoms with Gasteiger partial charge in [-0.2, -0.15) is 0 Å². The second-order valence-corrected chi connectivity index (χ2v) is 6.41. The van der Waals surface area contributed by atoms with E-state index in [0.29, 0.717) is 29.5 Å². The molecule has 0 saturated carbocycles. The summed E-state index contributed by atoms with van der Waals surface area (Å²) in [6.45, 7) is 1.26. The van der Waals surface area contributed by atoms with Crippen molar-refractivity contribution >= 4 is 17.4 Å². The lowest BCUT2D eigenvalue weighted by molar-refractivity contribution is -0.122. The second kappa shape index (κ2) is 6.86. The molecule has 1 unspecified atom stereocenters. The molecule has 140 valence electrons. The molecule has 4 heterocycles. The van der Waals surface area contributed by atoms with Gasteiger partial charge in [0.15, 0.2) is 11.5 Å². The first-order chi connectivity index (χ1) is 13.0. The number of carbonyl (C=O) groups is 1. The lowest BCUT2D eigenvalue weighted by Crippen LogP contribution is -2.41. The molecule has 0 aliphatic carbocycles. The van der Waals surface area contributed by atoms with Crippen LogP contribution in [0.4, 0.5) is 14.6 Å². The number of hydrogen-bond acceptors (Lipinski definition) is 6. The number of nitrogens with zero attached hydrogens (tertiary/aromatic N) is 6. The van der Waals surface area contributed by atoms with Gasteiger partial charge < -0.3 is 10.6 Å². The van der Waals surface area contributed by atoms with E-state index in [9.17, 15) is 13.6 Å². The third kappa shape index (κ3) is 3.29. The van der Waals surface area contributed by atoms with E-state index >= 15 is 0 Å². The van der Waals surface area contributed by atoms with Crippen LogP contribution in [0.15, 0.2) is 30.9 Å². The number of piperidine rings is 1. The van der Waals surface area contributed by atoms with Gasteiger partial charge in [0.25, 0.3) is 6.43 Å². The average molecular weight is 373 g/mol. The number of nitrogens with two attached hydrogens (primary N) is 1. The molecular weight excluding hydrogens is 356 g/mol. The molecule has 27 heavy (non-hydrogen) atoms. The van der Waals surface area contributed by atoms with Crippen LogP contribution in [0.1, 0.15) is 25.0 Å². The molecule has 1 saturated heterocycles. The number of fused-ring (bicyclic) bond motifs is 1. The molecule has 0 bridgehead atoms. The monoisotopic (exact) mass is 373 g/mol. The quantitative estimate of drug-likeness (QED) is 0.748. The number of aromatic nitrogens is 5. The van der Waals surface area contributed by atoms with Gasteiger partial charge in [-0.05, 0) is 18.9 Å². The normalized spacial score (nSPS) is 17.6. The van der Waals surface area contributed by atoms with Crippen molar-refractivity contribution in [1.82, 2.24) is 24.3 Å². The molecule has 1 fully saturated rings. The van der Waals surface area contributed by atoms with Gasteiger partial charge >= 0.3 is 0 Å². The van der Waals surface area contributed by atoms with E-state index in [1.54, 1.807) is 12.3 Å². The highest BCUT2D eigenvalue weighted by molar-refractivity contribution is 5.77.